The van der Waals surface area contributed by atoms with Gasteiger partial charge in [-0.2, -0.15) is 4.98 Å². The third kappa shape index (κ3) is 5.03. The summed E-state index contributed by atoms with van der Waals surface area (Å²) in [6.07, 6.45) is 0. The van der Waals surface area contributed by atoms with E-state index >= 15 is 0 Å². The molecule has 0 saturated heterocycles. The van der Waals surface area contributed by atoms with Crippen LogP contribution in [0.4, 0.5) is 5.13 Å². The van der Waals surface area contributed by atoms with Crippen LogP contribution in [0.1, 0.15) is 28.0 Å². The SMILES string of the molecule is CCOC(=O)CSc1nnc(NC(=O)c2sc3nc(COC)nc(OC)c3c2C)s1. The third-order valence-electron chi connectivity index (χ3n) is 3.72. The Bertz CT molecular complexity index is 1070. The first-order valence-electron chi connectivity index (χ1n) is 8.73. The fraction of sp³-hybridized carbons (Fsp3) is 0.412. The number of aryl methyl sites for hydroxylation is 1. The minimum Gasteiger partial charge on any atom is -0.480 e. The molecule has 13 heteroatoms. The molecule has 0 unspecified atom stereocenters. The number of carbonyl (C=O) groups is 2. The molecule has 0 atom stereocenters. The number of nitrogens with zero attached hydrogens (tertiary/aromatic N) is 4. The number of fused-ring (bicyclic) bond motifs is 1. The minimum atomic E-state index is -0.330. The Morgan fingerprint density at radius 2 is 1.97 bits per heavy atom. The summed E-state index contributed by atoms with van der Waals surface area (Å²) >= 11 is 3.63. The number of hydrogen-bond acceptors (Lipinski definition) is 12. The lowest BCUT2D eigenvalue weighted by atomic mass is 10.2. The molecule has 0 aliphatic carbocycles. The van der Waals surface area contributed by atoms with Crippen molar-refractivity contribution in [3.63, 3.8) is 0 Å². The summed E-state index contributed by atoms with van der Waals surface area (Å²) in [6, 6.07) is 0. The van der Waals surface area contributed by atoms with Gasteiger partial charge < -0.3 is 14.2 Å². The number of thiophene rings is 1. The maximum absolute atomic E-state index is 12.8. The van der Waals surface area contributed by atoms with Crippen LogP contribution in [0.25, 0.3) is 10.2 Å². The zero-order chi connectivity index (χ0) is 21.7. The first-order valence-corrected chi connectivity index (χ1v) is 11.3. The normalized spacial score (nSPS) is 10.9. The number of aromatic nitrogens is 4. The number of rotatable bonds is 9. The van der Waals surface area contributed by atoms with Crippen LogP contribution in [-0.2, 0) is 20.9 Å². The molecule has 1 N–H and O–H groups in total. The molecule has 0 aliphatic heterocycles. The van der Waals surface area contributed by atoms with Crippen molar-refractivity contribution in [2.45, 2.75) is 24.8 Å². The van der Waals surface area contributed by atoms with E-state index < -0.39 is 0 Å². The van der Waals surface area contributed by atoms with Crippen LogP contribution in [0.5, 0.6) is 5.88 Å². The molecule has 0 saturated carbocycles. The Balaban J connectivity index is 1.77. The highest BCUT2D eigenvalue weighted by atomic mass is 32.2. The van der Waals surface area contributed by atoms with Crippen molar-refractivity contribution < 1.29 is 23.8 Å². The number of ether oxygens (including phenoxy) is 3. The number of esters is 1. The molecule has 3 aromatic heterocycles. The van der Waals surface area contributed by atoms with E-state index in [9.17, 15) is 9.59 Å². The van der Waals surface area contributed by atoms with E-state index in [0.29, 0.717) is 42.9 Å². The quantitative estimate of drug-likeness (QED) is 0.284. The van der Waals surface area contributed by atoms with E-state index in [1.807, 2.05) is 6.92 Å². The molecule has 1 amide bonds. The van der Waals surface area contributed by atoms with E-state index in [1.165, 1.54) is 41.5 Å². The summed E-state index contributed by atoms with van der Waals surface area (Å²) in [5.74, 6) is 0.348. The van der Waals surface area contributed by atoms with Crippen LogP contribution in [0, 0.1) is 6.92 Å². The van der Waals surface area contributed by atoms with Crippen molar-refractivity contribution in [2.75, 3.05) is 31.9 Å². The number of anilines is 1. The number of carbonyl (C=O) groups excluding carboxylic acids is 2. The number of thioether (sulfide) groups is 1. The molecule has 30 heavy (non-hydrogen) atoms. The fourth-order valence-electron chi connectivity index (χ4n) is 2.50. The predicted molar refractivity (Wildman–Crippen MR) is 115 cm³/mol. The molecule has 3 rings (SSSR count). The van der Waals surface area contributed by atoms with Gasteiger partial charge in [0, 0.05) is 7.11 Å². The Kier molecular flexibility index (Phi) is 7.53. The van der Waals surface area contributed by atoms with Crippen LogP contribution < -0.4 is 10.1 Å². The summed E-state index contributed by atoms with van der Waals surface area (Å²) in [4.78, 5) is 34.2. The van der Waals surface area contributed by atoms with E-state index in [0.717, 1.165) is 5.56 Å². The van der Waals surface area contributed by atoms with Gasteiger partial charge in [-0.15, -0.1) is 21.5 Å². The average Bonchev–Trinajstić information content (AvgIpc) is 3.30. The minimum absolute atomic E-state index is 0.133. The van der Waals surface area contributed by atoms with E-state index in [1.54, 1.807) is 14.0 Å². The van der Waals surface area contributed by atoms with Crippen LogP contribution in [-0.4, -0.2) is 58.6 Å². The van der Waals surface area contributed by atoms with Gasteiger partial charge in [0.15, 0.2) is 10.2 Å². The Morgan fingerprint density at radius 1 is 1.17 bits per heavy atom. The Morgan fingerprint density at radius 3 is 2.67 bits per heavy atom. The summed E-state index contributed by atoms with van der Waals surface area (Å²) in [5, 5.41) is 11.7. The molecule has 0 aromatic carbocycles. The first-order chi connectivity index (χ1) is 14.5. The molecule has 160 valence electrons. The average molecular weight is 470 g/mol. The van der Waals surface area contributed by atoms with E-state index in [2.05, 4.69) is 25.5 Å². The first kappa shape index (κ1) is 22.3. The molecule has 0 spiro atoms. The van der Waals surface area contributed by atoms with Crippen molar-refractivity contribution in [1.29, 1.82) is 0 Å². The van der Waals surface area contributed by atoms with Crippen LogP contribution in [0.3, 0.4) is 0 Å². The van der Waals surface area contributed by atoms with Gasteiger partial charge in [-0.25, -0.2) is 4.98 Å². The number of nitrogens with one attached hydrogen (secondary N) is 1. The summed E-state index contributed by atoms with van der Waals surface area (Å²) in [5.41, 5.74) is 0.717. The third-order valence-corrected chi connectivity index (χ3v) is 6.85. The van der Waals surface area contributed by atoms with Gasteiger partial charge in [-0.05, 0) is 19.4 Å². The van der Waals surface area contributed by atoms with Gasteiger partial charge in [-0.3, -0.25) is 14.9 Å². The molecule has 0 radical (unpaired) electrons. The second kappa shape index (κ2) is 10.1. The second-order valence-electron chi connectivity index (χ2n) is 5.74. The molecular formula is C17H19N5O5S3. The Labute approximate surface area is 184 Å². The van der Waals surface area contributed by atoms with Gasteiger partial charge in [0.2, 0.25) is 11.0 Å². The van der Waals surface area contributed by atoms with E-state index in [4.69, 9.17) is 14.2 Å². The van der Waals surface area contributed by atoms with Gasteiger partial charge in [-0.1, -0.05) is 23.1 Å². The zero-order valence-electron chi connectivity index (χ0n) is 16.7. The highest BCUT2D eigenvalue weighted by Crippen LogP contribution is 2.35. The maximum Gasteiger partial charge on any atom is 0.316 e. The monoisotopic (exact) mass is 469 g/mol. The number of amides is 1. The van der Waals surface area contributed by atoms with Gasteiger partial charge in [0.25, 0.3) is 5.91 Å². The lowest BCUT2D eigenvalue weighted by Gasteiger charge is -2.04. The van der Waals surface area contributed by atoms with Gasteiger partial charge in [0.1, 0.15) is 11.4 Å². The highest BCUT2D eigenvalue weighted by Gasteiger charge is 2.22. The molecular weight excluding hydrogens is 450 g/mol. The van der Waals surface area contributed by atoms with Crippen molar-refractivity contribution >= 4 is 61.7 Å². The van der Waals surface area contributed by atoms with Crippen LogP contribution in [0.15, 0.2) is 4.34 Å². The summed E-state index contributed by atoms with van der Waals surface area (Å²) in [7, 11) is 3.08. The summed E-state index contributed by atoms with van der Waals surface area (Å²) in [6.45, 7) is 4.13. The molecule has 0 bridgehead atoms. The smallest absolute Gasteiger partial charge is 0.316 e. The lowest BCUT2D eigenvalue weighted by molar-refractivity contribution is -0.139. The topological polar surface area (TPSA) is 125 Å². The summed E-state index contributed by atoms with van der Waals surface area (Å²) < 4.78 is 15.9. The molecule has 0 aliphatic rings. The molecule has 0 fully saturated rings. The fourth-order valence-corrected chi connectivity index (χ4v) is 5.13. The number of methoxy groups -OCH3 is 2. The van der Waals surface area contributed by atoms with E-state index in [-0.39, 0.29) is 24.2 Å². The van der Waals surface area contributed by atoms with Crippen molar-refractivity contribution in [3.05, 3.63) is 16.3 Å². The maximum atomic E-state index is 12.8. The van der Waals surface area contributed by atoms with Crippen LogP contribution >= 0.6 is 34.4 Å². The predicted octanol–water partition coefficient (Wildman–Crippen LogP) is 2.91. The van der Waals surface area contributed by atoms with Crippen molar-refractivity contribution in [2.24, 2.45) is 0 Å². The second-order valence-corrected chi connectivity index (χ2v) is 8.94. The van der Waals surface area contributed by atoms with Crippen molar-refractivity contribution in [1.82, 2.24) is 20.2 Å². The largest absolute Gasteiger partial charge is 0.480 e. The highest BCUT2D eigenvalue weighted by molar-refractivity contribution is 8.01. The lowest BCUT2D eigenvalue weighted by Crippen LogP contribution is -2.11. The van der Waals surface area contributed by atoms with Gasteiger partial charge in [0.05, 0.1) is 29.7 Å². The molecule has 3 aromatic rings. The van der Waals surface area contributed by atoms with Crippen LogP contribution in [0.2, 0.25) is 0 Å². The van der Waals surface area contributed by atoms with Gasteiger partial charge >= 0.3 is 5.97 Å². The standard InChI is InChI=1S/C17H19N5O5S3/c1-5-27-10(23)7-28-17-22-21-16(30-17)20-13(24)12-8(2)11-14(26-4)18-9(6-25-3)19-15(11)29-12/h5-7H2,1-4H3,(H,20,21,24). The molecule has 3 heterocycles. The number of hydrogen-bond donors (Lipinski definition) is 1. The Hall–Kier alpha value is -2.35. The van der Waals surface area contributed by atoms with Crippen molar-refractivity contribution in [3.8, 4) is 5.88 Å². The zero-order valence-corrected chi connectivity index (χ0v) is 19.1. The molecule has 10 nitrogen and oxygen atoms in total.